The lowest BCUT2D eigenvalue weighted by atomic mass is 10.2. The van der Waals surface area contributed by atoms with Crippen LogP contribution >= 0.6 is 11.3 Å². The van der Waals surface area contributed by atoms with Crippen LogP contribution in [0.4, 0.5) is 0 Å². The van der Waals surface area contributed by atoms with Crippen LogP contribution in [0.1, 0.15) is 10.4 Å². The van der Waals surface area contributed by atoms with Gasteiger partial charge in [-0.1, -0.05) is 36.1 Å². The summed E-state index contributed by atoms with van der Waals surface area (Å²) >= 11 is 1.71. The third-order valence-electron chi connectivity index (χ3n) is 1.86. The van der Waals surface area contributed by atoms with Crippen molar-refractivity contribution in [1.29, 1.82) is 0 Å². The van der Waals surface area contributed by atoms with E-state index in [1.54, 1.807) is 11.3 Å². The second-order valence-electron chi connectivity index (χ2n) is 2.98. The Morgan fingerprint density at radius 3 is 2.60 bits per heavy atom. The van der Waals surface area contributed by atoms with Gasteiger partial charge in [0, 0.05) is 10.4 Å². The Labute approximate surface area is 93.9 Å². The molecule has 0 nitrogen and oxygen atoms in total. The second-order valence-corrected chi connectivity index (χ2v) is 3.96. The molecule has 0 saturated heterocycles. The topological polar surface area (TPSA) is 0 Å². The summed E-state index contributed by atoms with van der Waals surface area (Å²) in [7, 11) is 0. The van der Waals surface area contributed by atoms with Crippen LogP contribution in [0.3, 0.4) is 0 Å². The van der Waals surface area contributed by atoms with Crippen molar-refractivity contribution in [2.24, 2.45) is 0 Å². The average molecular weight is 210 g/mol. The zero-order valence-corrected chi connectivity index (χ0v) is 9.00. The first-order chi connectivity index (χ1) is 7.45. The Morgan fingerprint density at radius 2 is 1.87 bits per heavy atom. The molecular formula is C14H10S. The fourth-order valence-corrected chi connectivity index (χ4v) is 1.77. The molecule has 15 heavy (non-hydrogen) atoms. The third-order valence-corrected chi connectivity index (χ3v) is 2.70. The number of hydrogen-bond acceptors (Lipinski definition) is 1. The Hall–Kier alpha value is -1.78. The summed E-state index contributed by atoms with van der Waals surface area (Å²) in [6.07, 6.45) is 3.92. The summed E-state index contributed by atoms with van der Waals surface area (Å²) < 4.78 is 0. The molecule has 0 unspecified atom stereocenters. The molecule has 0 amide bonds. The van der Waals surface area contributed by atoms with Crippen LogP contribution in [-0.4, -0.2) is 0 Å². The Bertz CT molecular complexity index is 481. The van der Waals surface area contributed by atoms with Crippen molar-refractivity contribution in [1.82, 2.24) is 0 Å². The predicted octanol–water partition coefficient (Wildman–Crippen LogP) is 3.81. The van der Waals surface area contributed by atoms with Gasteiger partial charge >= 0.3 is 0 Å². The second kappa shape index (κ2) is 5.19. The van der Waals surface area contributed by atoms with Crippen LogP contribution in [0.15, 0.2) is 53.9 Å². The number of benzene rings is 1. The van der Waals surface area contributed by atoms with Gasteiger partial charge in [-0.15, -0.1) is 11.3 Å². The standard InChI is InChI=1S/C14H10S/c1-2-7-13(8-3-1)9-4-5-10-14-11-6-12-15-14/h1-3,5-8,10-12H. The van der Waals surface area contributed by atoms with E-state index in [0.717, 1.165) is 5.56 Å². The van der Waals surface area contributed by atoms with Gasteiger partial charge in [-0.3, -0.25) is 0 Å². The molecule has 0 aliphatic rings. The molecule has 0 aliphatic carbocycles. The SMILES string of the molecule is C(#Cc1ccccc1)C=Cc1cccs1. The van der Waals surface area contributed by atoms with E-state index in [4.69, 9.17) is 0 Å². The summed E-state index contributed by atoms with van der Waals surface area (Å²) in [6, 6.07) is 14.1. The van der Waals surface area contributed by atoms with Gasteiger partial charge in [0.25, 0.3) is 0 Å². The van der Waals surface area contributed by atoms with Gasteiger partial charge in [0.15, 0.2) is 0 Å². The fraction of sp³-hybridized carbons (Fsp3) is 0. The lowest BCUT2D eigenvalue weighted by Gasteiger charge is -1.84. The van der Waals surface area contributed by atoms with E-state index < -0.39 is 0 Å². The molecule has 72 valence electrons. The molecule has 1 heterocycles. The Balaban J connectivity index is 2.02. The van der Waals surface area contributed by atoms with E-state index in [1.807, 2.05) is 48.6 Å². The summed E-state index contributed by atoms with van der Waals surface area (Å²) in [6.45, 7) is 0. The maximum atomic E-state index is 3.07. The molecular weight excluding hydrogens is 200 g/mol. The smallest absolute Gasteiger partial charge is 0.0276 e. The molecule has 1 aromatic carbocycles. The summed E-state index contributed by atoms with van der Waals surface area (Å²) in [5.41, 5.74) is 1.05. The van der Waals surface area contributed by atoms with Gasteiger partial charge in [-0.2, -0.15) is 0 Å². The molecule has 2 aromatic rings. The molecule has 0 fully saturated rings. The maximum absolute atomic E-state index is 3.07. The minimum absolute atomic E-state index is 1.05. The van der Waals surface area contributed by atoms with Gasteiger partial charge in [-0.25, -0.2) is 0 Å². The molecule has 0 radical (unpaired) electrons. The normalized spacial score (nSPS) is 9.87. The number of rotatable bonds is 1. The van der Waals surface area contributed by atoms with E-state index >= 15 is 0 Å². The molecule has 0 saturated carbocycles. The first-order valence-corrected chi connectivity index (χ1v) is 5.60. The summed E-state index contributed by atoms with van der Waals surface area (Å²) in [5.74, 6) is 6.09. The highest BCUT2D eigenvalue weighted by Crippen LogP contribution is 2.09. The summed E-state index contributed by atoms with van der Waals surface area (Å²) in [5, 5.41) is 2.06. The third kappa shape index (κ3) is 3.12. The highest BCUT2D eigenvalue weighted by Gasteiger charge is 1.82. The zero-order valence-electron chi connectivity index (χ0n) is 8.18. The van der Waals surface area contributed by atoms with Crippen molar-refractivity contribution >= 4 is 17.4 Å². The van der Waals surface area contributed by atoms with Gasteiger partial charge < -0.3 is 0 Å². The molecule has 0 spiro atoms. The Kier molecular flexibility index (Phi) is 3.38. The van der Waals surface area contributed by atoms with Crippen LogP contribution in [0.5, 0.6) is 0 Å². The lowest BCUT2D eigenvalue weighted by Crippen LogP contribution is -1.68. The fourth-order valence-electron chi connectivity index (χ4n) is 1.16. The van der Waals surface area contributed by atoms with Crippen molar-refractivity contribution in [2.45, 2.75) is 0 Å². The van der Waals surface area contributed by atoms with Crippen molar-refractivity contribution < 1.29 is 0 Å². The van der Waals surface area contributed by atoms with E-state index in [1.165, 1.54) is 4.88 Å². The van der Waals surface area contributed by atoms with Gasteiger partial charge in [0.1, 0.15) is 0 Å². The largest absolute Gasteiger partial charge is 0.144 e. The minimum Gasteiger partial charge on any atom is -0.144 e. The quantitative estimate of drug-likeness (QED) is 0.628. The van der Waals surface area contributed by atoms with Gasteiger partial charge in [-0.05, 0) is 35.7 Å². The first-order valence-electron chi connectivity index (χ1n) is 4.72. The molecule has 2 rings (SSSR count). The minimum atomic E-state index is 1.05. The highest BCUT2D eigenvalue weighted by molar-refractivity contribution is 7.10. The van der Waals surface area contributed by atoms with Crippen molar-refractivity contribution in [3.8, 4) is 11.8 Å². The number of hydrogen-bond donors (Lipinski definition) is 0. The molecule has 1 heteroatoms. The number of allylic oxidation sites excluding steroid dienone is 1. The highest BCUT2D eigenvalue weighted by atomic mass is 32.1. The number of thiophene rings is 1. The predicted molar refractivity (Wildman–Crippen MR) is 66.7 cm³/mol. The average Bonchev–Trinajstić information content (AvgIpc) is 2.79. The van der Waals surface area contributed by atoms with E-state index in [9.17, 15) is 0 Å². The van der Waals surface area contributed by atoms with E-state index in [-0.39, 0.29) is 0 Å². The van der Waals surface area contributed by atoms with E-state index in [2.05, 4.69) is 23.3 Å². The van der Waals surface area contributed by atoms with Crippen molar-refractivity contribution in [3.05, 3.63) is 64.4 Å². The van der Waals surface area contributed by atoms with E-state index in [0.29, 0.717) is 0 Å². The van der Waals surface area contributed by atoms with Crippen LogP contribution in [0.25, 0.3) is 6.08 Å². The van der Waals surface area contributed by atoms with Crippen LogP contribution in [0, 0.1) is 11.8 Å². The van der Waals surface area contributed by atoms with Crippen molar-refractivity contribution in [3.63, 3.8) is 0 Å². The molecule has 0 bridgehead atoms. The van der Waals surface area contributed by atoms with Crippen LogP contribution in [0.2, 0.25) is 0 Å². The van der Waals surface area contributed by atoms with Gasteiger partial charge in [0.05, 0.1) is 0 Å². The van der Waals surface area contributed by atoms with Gasteiger partial charge in [0.2, 0.25) is 0 Å². The first kappa shape index (κ1) is 9.76. The molecule has 1 aromatic heterocycles. The van der Waals surface area contributed by atoms with Crippen LogP contribution in [-0.2, 0) is 0 Å². The maximum Gasteiger partial charge on any atom is 0.0276 e. The Morgan fingerprint density at radius 1 is 1.00 bits per heavy atom. The molecule has 0 aliphatic heterocycles. The molecule has 0 N–H and O–H groups in total. The zero-order chi connectivity index (χ0) is 10.3. The lowest BCUT2D eigenvalue weighted by molar-refractivity contribution is 1.65. The molecule has 0 atom stereocenters. The monoisotopic (exact) mass is 210 g/mol. The van der Waals surface area contributed by atoms with Crippen molar-refractivity contribution in [2.75, 3.05) is 0 Å². The van der Waals surface area contributed by atoms with Crippen LogP contribution < -0.4 is 0 Å². The summed E-state index contributed by atoms with van der Waals surface area (Å²) in [4.78, 5) is 1.23.